The maximum atomic E-state index is 11.0. The fraction of sp³-hybridized carbons (Fsp3) is 0.800. The number of rotatable bonds is 2. The van der Waals surface area contributed by atoms with Gasteiger partial charge in [0.2, 0.25) is 11.8 Å². The molecular formula is C10H19N3O4. The van der Waals surface area contributed by atoms with Crippen molar-refractivity contribution in [2.75, 3.05) is 0 Å². The third-order valence-electron chi connectivity index (χ3n) is 2.71. The van der Waals surface area contributed by atoms with Gasteiger partial charge in [0, 0.05) is 13.8 Å². The van der Waals surface area contributed by atoms with Crippen LogP contribution in [0.25, 0.3) is 0 Å². The monoisotopic (exact) mass is 245 g/mol. The normalized spacial score (nSPS) is 37.4. The number of amides is 2. The average Bonchev–Trinajstić information content (AvgIpc) is 2.18. The molecule has 7 nitrogen and oxygen atoms in total. The molecule has 17 heavy (non-hydrogen) atoms. The van der Waals surface area contributed by atoms with Crippen LogP contribution in [0.4, 0.5) is 0 Å². The number of aliphatic hydroxyl groups is 1. The standard InChI is InChI=1S/C10H19N3O4/c1-4-7(12-5(2)14)9(16)8(10(11)17-4)13-6(3)15/h4,7-10,16H,11H2,1-3H3,(H,12,14)(H,13,15)/t4-,7-,8-,9+,10-/m1/s1. The van der Waals surface area contributed by atoms with E-state index in [0.29, 0.717) is 0 Å². The molecular weight excluding hydrogens is 226 g/mol. The molecule has 5 N–H and O–H groups in total. The fourth-order valence-corrected chi connectivity index (χ4v) is 1.95. The highest BCUT2D eigenvalue weighted by molar-refractivity contribution is 5.74. The van der Waals surface area contributed by atoms with Crippen molar-refractivity contribution in [2.24, 2.45) is 5.73 Å². The van der Waals surface area contributed by atoms with Gasteiger partial charge in [-0.15, -0.1) is 0 Å². The van der Waals surface area contributed by atoms with Gasteiger partial charge in [-0.05, 0) is 6.92 Å². The first kappa shape index (κ1) is 13.9. The summed E-state index contributed by atoms with van der Waals surface area (Å²) in [5, 5.41) is 15.2. The molecule has 0 radical (unpaired) electrons. The molecule has 7 heteroatoms. The molecule has 2 amide bonds. The number of carbonyl (C=O) groups is 2. The van der Waals surface area contributed by atoms with E-state index in [2.05, 4.69) is 10.6 Å². The Morgan fingerprint density at radius 1 is 1.18 bits per heavy atom. The van der Waals surface area contributed by atoms with Crippen molar-refractivity contribution in [3.8, 4) is 0 Å². The minimum absolute atomic E-state index is 0.276. The molecule has 1 fully saturated rings. The molecule has 0 aromatic heterocycles. The summed E-state index contributed by atoms with van der Waals surface area (Å²) >= 11 is 0. The summed E-state index contributed by atoms with van der Waals surface area (Å²) < 4.78 is 5.37. The van der Waals surface area contributed by atoms with Crippen LogP contribution in [0.2, 0.25) is 0 Å². The molecule has 98 valence electrons. The molecule has 0 saturated carbocycles. The van der Waals surface area contributed by atoms with Gasteiger partial charge in [0.1, 0.15) is 12.3 Å². The molecule has 5 atom stereocenters. The Bertz CT molecular complexity index is 282. The van der Waals surface area contributed by atoms with E-state index >= 15 is 0 Å². The number of hydrogen-bond acceptors (Lipinski definition) is 5. The Hall–Kier alpha value is -1.18. The molecule has 1 rings (SSSR count). The highest BCUT2D eigenvalue weighted by atomic mass is 16.5. The van der Waals surface area contributed by atoms with Crippen molar-refractivity contribution in [3.05, 3.63) is 0 Å². The van der Waals surface area contributed by atoms with E-state index in [1.165, 1.54) is 13.8 Å². The first-order chi connectivity index (χ1) is 7.82. The minimum Gasteiger partial charge on any atom is -0.389 e. The molecule has 1 aliphatic heterocycles. The molecule has 1 heterocycles. The van der Waals surface area contributed by atoms with Crippen LogP contribution in [0.1, 0.15) is 20.8 Å². The zero-order valence-corrected chi connectivity index (χ0v) is 10.1. The van der Waals surface area contributed by atoms with E-state index in [1.54, 1.807) is 6.92 Å². The summed E-state index contributed by atoms with van der Waals surface area (Å²) in [6.45, 7) is 4.37. The number of ether oxygens (including phenoxy) is 1. The van der Waals surface area contributed by atoms with Gasteiger partial charge in [0.05, 0.1) is 18.2 Å². The Labute approximate surface area is 99.7 Å². The predicted molar refractivity (Wildman–Crippen MR) is 59.7 cm³/mol. The topological polar surface area (TPSA) is 114 Å². The highest BCUT2D eigenvalue weighted by Gasteiger charge is 2.42. The fourth-order valence-electron chi connectivity index (χ4n) is 1.95. The summed E-state index contributed by atoms with van der Waals surface area (Å²) in [6.07, 6.45) is -2.20. The Morgan fingerprint density at radius 2 is 1.65 bits per heavy atom. The molecule has 1 saturated heterocycles. The largest absolute Gasteiger partial charge is 0.389 e. The summed E-state index contributed by atoms with van der Waals surface area (Å²) in [6, 6.07) is -1.33. The highest BCUT2D eigenvalue weighted by Crippen LogP contribution is 2.18. The molecule has 0 aromatic carbocycles. The lowest BCUT2D eigenvalue weighted by atomic mass is 9.94. The maximum Gasteiger partial charge on any atom is 0.217 e. The van der Waals surface area contributed by atoms with Gasteiger partial charge in [0.25, 0.3) is 0 Å². The third kappa shape index (κ3) is 3.39. The van der Waals surface area contributed by atoms with Gasteiger partial charge >= 0.3 is 0 Å². The Balaban J connectivity index is 2.78. The van der Waals surface area contributed by atoms with Crippen LogP contribution >= 0.6 is 0 Å². The number of carbonyl (C=O) groups excluding carboxylic acids is 2. The molecule has 0 unspecified atom stereocenters. The number of hydrogen-bond donors (Lipinski definition) is 4. The van der Waals surface area contributed by atoms with Crippen LogP contribution in [0.5, 0.6) is 0 Å². The molecule has 0 aliphatic carbocycles. The summed E-state index contributed by atoms with van der Waals surface area (Å²) in [7, 11) is 0. The number of nitrogens with two attached hydrogens (primary N) is 1. The van der Waals surface area contributed by atoms with Gasteiger partial charge in [-0.3, -0.25) is 9.59 Å². The Kier molecular flexibility index (Phi) is 4.44. The van der Waals surface area contributed by atoms with Crippen molar-refractivity contribution in [2.45, 2.75) is 51.3 Å². The second-order valence-electron chi connectivity index (χ2n) is 4.25. The lowest BCUT2D eigenvalue weighted by Crippen LogP contribution is -2.68. The van der Waals surface area contributed by atoms with Gasteiger partial charge in [-0.2, -0.15) is 0 Å². The van der Waals surface area contributed by atoms with E-state index in [4.69, 9.17) is 10.5 Å². The molecule has 0 aromatic rings. The number of aliphatic hydroxyl groups excluding tert-OH is 1. The average molecular weight is 245 g/mol. The first-order valence-electron chi connectivity index (χ1n) is 5.46. The van der Waals surface area contributed by atoms with Gasteiger partial charge in [0.15, 0.2) is 0 Å². The van der Waals surface area contributed by atoms with Crippen molar-refractivity contribution in [1.29, 1.82) is 0 Å². The van der Waals surface area contributed by atoms with E-state index < -0.39 is 30.5 Å². The van der Waals surface area contributed by atoms with Crippen LogP contribution in [0, 0.1) is 0 Å². The lowest BCUT2D eigenvalue weighted by Gasteiger charge is -2.42. The van der Waals surface area contributed by atoms with E-state index in [0.717, 1.165) is 0 Å². The van der Waals surface area contributed by atoms with Gasteiger partial charge < -0.3 is 26.2 Å². The second-order valence-corrected chi connectivity index (χ2v) is 4.25. The zero-order chi connectivity index (χ0) is 13.2. The molecule has 0 spiro atoms. The number of nitrogens with one attached hydrogen (secondary N) is 2. The summed E-state index contributed by atoms with van der Waals surface area (Å²) in [5.74, 6) is -0.592. The molecule has 1 aliphatic rings. The zero-order valence-electron chi connectivity index (χ0n) is 10.1. The Morgan fingerprint density at radius 3 is 2.12 bits per heavy atom. The second kappa shape index (κ2) is 5.44. The predicted octanol–water partition coefficient (Wildman–Crippen LogP) is -1.94. The van der Waals surface area contributed by atoms with E-state index in [1.807, 2.05) is 0 Å². The lowest BCUT2D eigenvalue weighted by molar-refractivity contribution is -0.146. The maximum absolute atomic E-state index is 11.0. The SMILES string of the molecule is CC(=O)N[C@@H]1[C@@H](O)[C@H](NC(C)=O)[C@@H](C)O[C@H]1N. The van der Waals surface area contributed by atoms with E-state index in [9.17, 15) is 14.7 Å². The van der Waals surface area contributed by atoms with Crippen LogP contribution in [-0.4, -0.2) is 47.4 Å². The summed E-state index contributed by atoms with van der Waals surface area (Å²) in [4.78, 5) is 22.0. The van der Waals surface area contributed by atoms with Crippen LogP contribution in [0.15, 0.2) is 0 Å². The van der Waals surface area contributed by atoms with Crippen molar-refractivity contribution >= 4 is 11.8 Å². The third-order valence-corrected chi connectivity index (χ3v) is 2.71. The quantitative estimate of drug-likeness (QED) is 0.452. The smallest absolute Gasteiger partial charge is 0.217 e. The first-order valence-corrected chi connectivity index (χ1v) is 5.46. The van der Waals surface area contributed by atoms with Crippen molar-refractivity contribution < 1.29 is 19.4 Å². The van der Waals surface area contributed by atoms with Crippen LogP contribution < -0.4 is 16.4 Å². The van der Waals surface area contributed by atoms with Gasteiger partial charge in [-0.1, -0.05) is 0 Å². The van der Waals surface area contributed by atoms with E-state index in [-0.39, 0.29) is 11.8 Å². The van der Waals surface area contributed by atoms with Gasteiger partial charge in [-0.25, -0.2) is 0 Å². The van der Waals surface area contributed by atoms with Crippen molar-refractivity contribution in [3.63, 3.8) is 0 Å². The van der Waals surface area contributed by atoms with Crippen LogP contribution in [0.3, 0.4) is 0 Å². The molecule has 0 bridgehead atoms. The minimum atomic E-state index is -0.985. The summed E-state index contributed by atoms with van der Waals surface area (Å²) in [5.41, 5.74) is 5.69. The van der Waals surface area contributed by atoms with Crippen molar-refractivity contribution in [1.82, 2.24) is 10.6 Å². The van der Waals surface area contributed by atoms with Crippen LogP contribution in [-0.2, 0) is 14.3 Å².